The molecular weight excluding hydrogens is 266 g/mol. The van der Waals surface area contributed by atoms with Gasteiger partial charge in [0.05, 0.1) is 6.26 Å². The Hall–Kier alpha value is -2.63. The molecule has 0 aromatic carbocycles. The molecule has 6 heteroatoms. The van der Waals surface area contributed by atoms with Crippen molar-refractivity contribution in [2.75, 3.05) is 5.73 Å². The normalized spacial score (nSPS) is 14.5. The van der Waals surface area contributed by atoms with Gasteiger partial charge in [-0.3, -0.25) is 0 Å². The fraction of sp³-hybridized carbons (Fsp3) is 0.267. The van der Waals surface area contributed by atoms with Crippen molar-refractivity contribution in [1.29, 1.82) is 0 Å². The van der Waals surface area contributed by atoms with E-state index in [9.17, 15) is 0 Å². The van der Waals surface area contributed by atoms with Gasteiger partial charge in [0, 0.05) is 18.0 Å². The lowest BCUT2D eigenvalue weighted by Gasteiger charge is -2.12. The van der Waals surface area contributed by atoms with Gasteiger partial charge in [0.2, 0.25) is 0 Å². The topological polar surface area (TPSA) is 82.8 Å². The second-order valence-electron chi connectivity index (χ2n) is 5.31. The number of anilines is 1. The first-order valence-corrected chi connectivity index (χ1v) is 7.01. The molecule has 6 nitrogen and oxygen atoms in total. The Kier molecular flexibility index (Phi) is 2.73. The zero-order valence-corrected chi connectivity index (χ0v) is 11.4. The maximum atomic E-state index is 6.18. The molecule has 1 aliphatic carbocycles. The Balaban J connectivity index is 1.86. The monoisotopic (exact) mass is 281 g/mol. The van der Waals surface area contributed by atoms with Gasteiger partial charge in [0.15, 0.2) is 17.4 Å². The van der Waals surface area contributed by atoms with Gasteiger partial charge < -0.3 is 10.2 Å². The number of hydrogen-bond acceptors (Lipinski definition) is 5. The van der Waals surface area contributed by atoms with E-state index in [4.69, 9.17) is 10.2 Å². The van der Waals surface area contributed by atoms with Gasteiger partial charge in [-0.15, -0.1) is 0 Å². The summed E-state index contributed by atoms with van der Waals surface area (Å²) in [6, 6.07) is 5.49. The van der Waals surface area contributed by atoms with Crippen LogP contribution >= 0.6 is 0 Å². The summed E-state index contributed by atoms with van der Waals surface area (Å²) in [6.07, 6.45) is 8.59. The molecule has 0 atom stereocenters. The molecule has 0 saturated heterocycles. The van der Waals surface area contributed by atoms with E-state index >= 15 is 0 Å². The largest absolute Gasteiger partial charge is 0.461 e. The average Bonchev–Trinajstić information content (AvgIpc) is 2.99. The van der Waals surface area contributed by atoms with Crippen LogP contribution in [0.25, 0.3) is 17.4 Å². The molecule has 0 radical (unpaired) electrons. The standard InChI is InChI=1S/C15H15N5O/c16-13-11(9-10-4-5-10)15(20-7-2-6-17-20)19-14(18-13)12-3-1-8-21-12/h1-3,6-8,10H,4-5,9H2,(H2,16,18,19). The lowest BCUT2D eigenvalue weighted by Crippen LogP contribution is -2.11. The van der Waals surface area contributed by atoms with E-state index in [1.165, 1.54) is 12.8 Å². The van der Waals surface area contributed by atoms with E-state index < -0.39 is 0 Å². The van der Waals surface area contributed by atoms with Crippen molar-refractivity contribution in [3.63, 3.8) is 0 Å². The molecule has 106 valence electrons. The van der Waals surface area contributed by atoms with E-state index in [0.717, 1.165) is 17.8 Å². The summed E-state index contributed by atoms with van der Waals surface area (Å²) in [4.78, 5) is 9.01. The Bertz CT molecular complexity index is 745. The van der Waals surface area contributed by atoms with E-state index in [1.54, 1.807) is 23.2 Å². The lowest BCUT2D eigenvalue weighted by atomic mass is 10.1. The number of aromatic nitrogens is 4. The van der Waals surface area contributed by atoms with Crippen LogP contribution in [-0.4, -0.2) is 19.7 Å². The molecule has 0 spiro atoms. The van der Waals surface area contributed by atoms with Crippen molar-refractivity contribution < 1.29 is 4.42 Å². The highest BCUT2D eigenvalue weighted by atomic mass is 16.3. The second-order valence-corrected chi connectivity index (χ2v) is 5.31. The first kappa shape index (κ1) is 12.1. The van der Waals surface area contributed by atoms with Crippen LogP contribution in [0.3, 0.4) is 0 Å². The van der Waals surface area contributed by atoms with Crippen LogP contribution in [0, 0.1) is 5.92 Å². The quantitative estimate of drug-likeness (QED) is 0.794. The van der Waals surface area contributed by atoms with E-state index in [0.29, 0.717) is 23.3 Å². The zero-order valence-electron chi connectivity index (χ0n) is 11.4. The Morgan fingerprint density at radius 2 is 2.19 bits per heavy atom. The summed E-state index contributed by atoms with van der Waals surface area (Å²) in [6.45, 7) is 0. The molecule has 0 bridgehead atoms. The molecule has 1 saturated carbocycles. The summed E-state index contributed by atoms with van der Waals surface area (Å²) in [7, 11) is 0. The summed E-state index contributed by atoms with van der Waals surface area (Å²) >= 11 is 0. The minimum atomic E-state index is 0.488. The van der Waals surface area contributed by atoms with Crippen LogP contribution in [0.15, 0.2) is 41.3 Å². The van der Waals surface area contributed by atoms with Gasteiger partial charge in [0.25, 0.3) is 0 Å². The maximum absolute atomic E-state index is 6.18. The smallest absolute Gasteiger partial charge is 0.199 e. The SMILES string of the molecule is Nc1nc(-c2ccco2)nc(-n2cccn2)c1CC1CC1. The first-order chi connectivity index (χ1) is 10.3. The van der Waals surface area contributed by atoms with Crippen LogP contribution < -0.4 is 5.73 Å². The fourth-order valence-corrected chi connectivity index (χ4v) is 2.40. The Morgan fingerprint density at radius 3 is 2.86 bits per heavy atom. The molecular formula is C15H15N5O. The van der Waals surface area contributed by atoms with E-state index in [1.807, 2.05) is 18.3 Å². The summed E-state index contributed by atoms with van der Waals surface area (Å²) < 4.78 is 7.11. The molecule has 2 N–H and O–H groups in total. The highest BCUT2D eigenvalue weighted by molar-refractivity contribution is 5.57. The minimum Gasteiger partial charge on any atom is -0.461 e. The molecule has 0 unspecified atom stereocenters. The van der Waals surface area contributed by atoms with Crippen LogP contribution in [0.1, 0.15) is 18.4 Å². The lowest BCUT2D eigenvalue weighted by molar-refractivity contribution is 0.576. The summed E-state index contributed by atoms with van der Waals surface area (Å²) in [5.74, 6) is 3.04. The van der Waals surface area contributed by atoms with Crippen LogP contribution in [0.5, 0.6) is 0 Å². The van der Waals surface area contributed by atoms with Gasteiger partial charge in [0.1, 0.15) is 5.82 Å². The maximum Gasteiger partial charge on any atom is 0.199 e. The first-order valence-electron chi connectivity index (χ1n) is 7.01. The van der Waals surface area contributed by atoms with Crippen molar-refractivity contribution in [3.8, 4) is 17.4 Å². The summed E-state index contributed by atoms with van der Waals surface area (Å²) in [5.41, 5.74) is 7.15. The third-order valence-electron chi connectivity index (χ3n) is 3.67. The molecule has 3 aromatic rings. The summed E-state index contributed by atoms with van der Waals surface area (Å²) in [5, 5.41) is 4.28. The van der Waals surface area contributed by atoms with Gasteiger partial charge in [-0.25, -0.2) is 14.6 Å². The third-order valence-corrected chi connectivity index (χ3v) is 3.67. The van der Waals surface area contributed by atoms with Gasteiger partial charge in [-0.1, -0.05) is 0 Å². The van der Waals surface area contributed by atoms with Crippen molar-refractivity contribution in [2.24, 2.45) is 5.92 Å². The zero-order chi connectivity index (χ0) is 14.2. The van der Waals surface area contributed by atoms with E-state index in [-0.39, 0.29) is 0 Å². The van der Waals surface area contributed by atoms with Crippen molar-refractivity contribution in [2.45, 2.75) is 19.3 Å². The average molecular weight is 281 g/mol. The van der Waals surface area contributed by atoms with Crippen molar-refractivity contribution >= 4 is 5.82 Å². The predicted octanol–water partition coefficient (Wildman–Crippen LogP) is 2.46. The number of nitrogens with zero attached hydrogens (tertiary/aromatic N) is 4. The predicted molar refractivity (Wildman–Crippen MR) is 77.7 cm³/mol. The van der Waals surface area contributed by atoms with Gasteiger partial charge in [-0.05, 0) is 43.4 Å². The molecule has 1 fully saturated rings. The van der Waals surface area contributed by atoms with E-state index in [2.05, 4.69) is 15.1 Å². The van der Waals surface area contributed by atoms with Crippen molar-refractivity contribution in [3.05, 3.63) is 42.4 Å². The fourth-order valence-electron chi connectivity index (χ4n) is 2.40. The third kappa shape index (κ3) is 2.29. The van der Waals surface area contributed by atoms with Crippen molar-refractivity contribution in [1.82, 2.24) is 19.7 Å². The highest BCUT2D eigenvalue weighted by Gasteiger charge is 2.26. The number of hydrogen-bond donors (Lipinski definition) is 1. The molecule has 4 rings (SSSR count). The van der Waals surface area contributed by atoms with Crippen LogP contribution in [-0.2, 0) is 6.42 Å². The van der Waals surface area contributed by atoms with Crippen LogP contribution in [0.4, 0.5) is 5.82 Å². The van der Waals surface area contributed by atoms with Crippen LogP contribution in [0.2, 0.25) is 0 Å². The van der Waals surface area contributed by atoms with Gasteiger partial charge >= 0.3 is 0 Å². The molecule has 1 aliphatic rings. The number of rotatable bonds is 4. The molecule has 21 heavy (non-hydrogen) atoms. The number of nitrogen functional groups attached to an aromatic ring is 1. The number of nitrogens with two attached hydrogens (primary N) is 1. The minimum absolute atomic E-state index is 0.488. The molecule has 3 aromatic heterocycles. The Labute approximate surface area is 121 Å². The second kappa shape index (κ2) is 4.73. The number of furan rings is 1. The Morgan fingerprint density at radius 1 is 1.29 bits per heavy atom. The molecule has 0 aliphatic heterocycles. The van der Waals surface area contributed by atoms with Gasteiger partial charge in [-0.2, -0.15) is 5.10 Å². The molecule has 0 amide bonds. The highest BCUT2D eigenvalue weighted by Crippen LogP contribution is 2.35. The molecule has 3 heterocycles.